The number of rotatable bonds is 1. The summed E-state index contributed by atoms with van der Waals surface area (Å²) in [6, 6.07) is 3.48. The zero-order valence-electron chi connectivity index (χ0n) is 7.40. The van der Waals surface area contributed by atoms with E-state index in [0.717, 1.165) is 23.5 Å². The van der Waals surface area contributed by atoms with Crippen molar-refractivity contribution >= 4 is 5.69 Å². The van der Waals surface area contributed by atoms with E-state index in [-0.39, 0.29) is 5.49 Å². The number of hydrogen-bond donors (Lipinski definition) is 2. The van der Waals surface area contributed by atoms with E-state index in [9.17, 15) is 5.21 Å². The Morgan fingerprint density at radius 2 is 1.92 bits per heavy atom. The summed E-state index contributed by atoms with van der Waals surface area (Å²) in [5.41, 5.74) is 1.11. The van der Waals surface area contributed by atoms with E-state index in [0.29, 0.717) is 0 Å². The third kappa shape index (κ3) is 1.52. The highest BCUT2D eigenvalue weighted by Gasteiger charge is 2.12. The van der Waals surface area contributed by atoms with Crippen molar-refractivity contribution in [1.82, 2.24) is 4.73 Å². The summed E-state index contributed by atoms with van der Waals surface area (Å²) in [6.07, 6.45) is 4.02. The van der Waals surface area contributed by atoms with E-state index in [1.807, 2.05) is 6.07 Å². The lowest BCUT2D eigenvalue weighted by atomic mass is 10.4. The maximum atomic E-state index is 9.26. The van der Waals surface area contributed by atoms with E-state index in [4.69, 9.17) is 5.41 Å². The summed E-state index contributed by atoms with van der Waals surface area (Å²) < 4.78 is 0.855. The fourth-order valence-electron chi connectivity index (χ4n) is 1.64. The van der Waals surface area contributed by atoms with Gasteiger partial charge in [0.1, 0.15) is 0 Å². The molecule has 70 valence electrons. The molecule has 4 nitrogen and oxygen atoms in total. The van der Waals surface area contributed by atoms with Gasteiger partial charge in [0.2, 0.25) is 0 Å². The Labute approximate surface area is 76.5 Å². The molecule has 0 spiro atoms. The second-order valence-corrected chi connectivity index (χ2v) is 3.31. The van der Waals surface area contributed by atoms with Crippen LogP contribution in [0.2, 0.25) is 0 Å². The standard InChI is InChI=1S/C9H13N3O/c10-9-4-3-8(7-12(9)13)11-5-1-2-6-11/h3-4,7,10,13H,1-2,5-6H2. The largest absolute Gasteiger partial charge is 0.427 e. The molecule has 0 radical (unpaired) electrons. The van der Waals surface area contributed by atoms with Crippen LogP contribution in [0.15, 0.2) is 18.3 Å². The predicted molar refractivity (Wildman–Crippen MR) is 48.9 cm³/mol. The first-order valence-corrected chi connectivity index (χ1v) is 4.49. The maximum absolute atomic E-state index is 9.26. The molecule has 13 heavy (non-hydrogen) atoms. The first-order chi connectivity index (χ1) is 6.27. The van der Waals surface area contributed by atoms with Gasteiger partial charge in [0.05, 0.1) is 11.9 Å². The van der Waals surface area contributed by atoms with Gasteiger partial charge in [-0.2, -0.15) is 4.73 Å². The highest BCUT2D eigenvalue weighted by molar-refractivity contribution is 5.44. The molecule has 0 unspecified atom stereocenters. The number of pyridine rings is 1. The van der Waals surface area contributed by atoms with E-state index >= 15 is 0 Å². The van der Waals surface area contributed by atoms with Crippen LogP contribution in [0.4, 0.5) is 5.69 Å². The van der Waals surface area contributed by atoms with Crippen LogP contribution >= 0.6 is 0 Å². The molecule has 0 saturated carbocycles. The molecule has 0 bridgehead atoms. The van der Waals surface area contributed by atoms with Gasteiger partial charge in [-0.25, -0.2) is 0 Å². The molecule has 0 aliphatic carbocycles. The van der Waals surface area contributed by atoms with Gasteiger partial charge in [-0.1, -0.05) is 0 Å². The van der Waals surface area contributed by atoms with Gasteiger partial charge in [0.25, 0.3) is 0 Å². The van der Waals surface area contributed by atoms with Gasteiger partial charge in [0.15, 0.2) is 5.49 Å². The molecular formula is C9H13N3O. The summed E-state index contributed by atoms with van der Waals surface area (Å²) in [5.74, 6) is 0. The Morgan fingerprint density at radius 3 is 2.54 bits per heavy atom. The van der Waals surface area contributed by atoms with Crippen molar-refractivity contribution in [2.45, 2.75) is 12.8 Å². The van der Waals surface area contributed by atoms with E-state index < -0.39 is 0 Å². The molecule has 1 saturated heterocycles. The van der Waals surface area contributed by atoms with E-state index in [1.54, 1.807) is 12.3 Å². The van der Waals surface area contributed by atoms with Crippen molar-refractivity contribution in [1.29, 1.82) is 5.41 Å². The third-order valence-corrected chi connectivity index (χ3v) is 2.38. The number of hydrogen-bond acceptors (Lipinski definition) is 3. The molecule has 0 aromatic carbocycles. The lowest BCUT2D eigenvalue weighted by Gasteiger charge is -2.17. The van der Waals surface area contributed by atoms with Crippen LogP contribution in [0.3, 0.4) is 0 Å². The smallest absolute Gasteiger partial charge is 0.160 e. The van der Waals surface area contributed by atoms with Crippen molar-refractivity contribution in [3.05, 3.63) is 23.8 Å². The summed E-state index contributed by atoms with van der Waals surface area (Å²) in [5, 5.41) is 16.5. The highest BCUT2D eigenvalue weighted by atomic mass is 16.5. The van der Waals surface area contributed by atoms with Crippen LogP contribution < -0.4 is 10.4 Å². The van der Waals surface area contributed by atoms with Crippen molar-refractivity contribution in [3.8, 4) is 0 Å². The van der Waals surface area contributed by atoms with Crippen molar-refractivity contribution in [3.63, 3.8) is 0 Å². The number of nitrogens with zero attached hydrogens (tertiary/aromatic N) is 2. The van der Waals surface area contributed by atoms with Gasteiger partial charge in [-0.15, -0.1) is 0 Å². The Bertz CT molecular complexity index is 352. The topological polar surface area (TPSA) is 52.2 Å². The average molecular weight is 179 g/mol. The summed E-state index contributed by atoms with van der Waals surface area (Å²) >= 11 is 0. The van der Waals surface area contributed by atoms with Gasteiger partial charge >= 0.3 is 0 Å². The number of nitrogens with one attached hydrogen (secondary N) is 1. The molecule has 2 N–H and O–H groups in total. The zero-order valence-corrected chi connectivity index (χ0v) is 7.40. The van der Waals surface area contributed by atoms with Crippen LogP contribution in [0, 0.1) is 5.41 Å². The van der Waals surface area contributed by atoms with Crippen LogP contribution in [-0.2, 0) is 0 Å². The maximum Gasteiger partial charge on any atom is 0.160 e. The SMILES string of the molecule is N=c1ccc(N2CCCC2)cn1O. The van der Waals surface area contributed by atoms with Crippen LogP contribution in [-0.4, -0.2) is 23.0 Å². The molecule has 1 aliphatic heterocycles. The van der Waals surface area contributed by atoms with Gasteiger partial charge in [0, 0.05) is 13.1 Å². The molecule has 1 aromatic heterocycles. The van der Waals surface area contributed by atoms with Gasteiger partial charge < -0.3 is 10.1 Å². The van der Waals surface area contributed by atoms with Crippen molar-refractivity contribution in [2.75, 3.05) is 18.0 Å². The molecule has 1 aromatic rings. The minimum absolute atomic E-state index is 0.114. The minimum atomic E-state index is 0.114. The summed E-state index contributed by atoms with van der Waals surface area (Å²) in [7, 11) is 0. The molecule has 4 heteroatoms. The molecule has 2 heterocycles. The molecule has 0 atom stereocenters. The van der Waals surface area contributed by atoms with E-state index in [2.05, 4.69) is 4.90 Å². The monoisotopic (exact) mass is 179 g/mol. The first kappa shape index (κ1) is 8.16. The molecule has 2 rings (SSSR count). The van der Waals surface area contributed by atoms with Crippen LogP contribution in [0.5, 0.6) is 0 Å². The highest BCUT2D eigenvalue weighted by Crippen LogP contribution is 2.17. The number of anilines is 1. The average Bonchev–Trinajstić information content (AvgIpc) is 2.62. The third-order valence-electron chi connectivity index (χ3n) is 2.38. The lowest BCUT2D eigenvalue weighted by Crippen LogP contribution is -2.22. The van der Waals surface area contributed by atoms with E-state index in [1.165, 1.54) is 12.8 Å². The lowest BCUT2D eigenvalue weighted by molar-refractivity contribution is 0.170. The molecular weight excluding hydrogens is 166 g/mol. The molecule has 1 aliphatic rings. The summed E-state index contributed by atoms with van der Waals surface area (Å²) in [6.45, 7) is 2.11. The minimum Gasteiger partial charge on any atom is -0.427 e. The van der Waals surface area contributed by atoms with Crippen molar-refractivity contribution in [2.24, 2.45) is 0 Å². The normalized spacial score (nSPS) is 16.5. The Hall–Kier alpha value is -1.45. The Morgan fingerprint density at radius 1 is 1.23 bits per heavy atom. The summed E-state index contributed by atoms with van der Waals surface area (Å²) in [4.78, 5) is 2.21. The van der Waals surface area contributed by atoms with Crippen molar-refractivity contribution < 1.29 is 5.21 Å². The second kappa shape index (κ2) is 3.12. The molecule has 1 fully saturated rings. The van der Waals surface area contributed by atoms with Crippen LogP contribution in [0.1, 0.15) is 12.8 Å². The predicted octanol–water partition coefficient (Wildman–Crippen LogP) is 0.805. The van der Waals surface area contributed by atoms with Crippen LogP contribution in [0.25, 0.3) is 0 Å². The zero-order chi connectivity index (χ0) is 9.26. The first-order valence-electron chi connectivity index (χ1n) is 4.49. The fraction of sp³-hybridized carbons (Fsp3) is 0.444. The molecule has 0 amide bonds. The fourth-order valence-corrected chi connectivity index (χ4v) is 1.64. The second-order valence-electron chi connectivity index (χ2n) is 3.31. The number of aromatic nitrogens is 1. The Balaban J connectivity index is 2.30. The van der Waals surface area contributed by atoms with Gasteiger partial charge in [-0.05, 0) is 25.0 Å². The quantitative estimate of drug-likeness (QED) is 0.627. The van der Waals surface area contributed by atoms with Gasteiger partial charge in [-0.3, -0.25) is 5.41 Å². The Kier molecular flexibility index (Phi) is 1.96.